The zero-order chi connectivity index (χ0) is 28.4. The molecule has 1 aliphatic rings. The fourth-order valence-electron chi connectivity index (χ4n) is 4.90. The molecule has 2 aromatic heterocycles. The lowest BCUT2D eigenvalue weighted by Crippen LogP contribution is -2.50. The summed E-state index contributed by atoms with van der Waals surface area (Å²) >= 11 is 0. The summed E-state index contributed by atoms with van der Waals surface area (Å²) in [5, 5.41) is 14.3. The fraction of sp³-hybridized carbons (Fsp3) is 0.414. The van der Waals surface area contributed by atoms with E-state index in [0.717, 1.165) is 11.1 Å². The van der Waals surface area contributed by atoms with Crippen LogP contribution in [-0.2, 0) is 12.0 Å². The largest absolute Gasteiger partial charge is 0.496 e. The number of rotatable bonds is 9. The summed E-state index contributed by atoms with van der Waals surface area (Å²) < 4.78 is 54.8. The maximum Gasteiger partial charge on any atom is 0.417 e. The van der Waals surface area contributed by atoms with E-state index in [0.29, 0.717) is 34.9 Å². The topological polar surface area (TPSA) is 89.4 Å². The highest BCUT2D eigenvalue weighted by atomic mass is 19.4. The number of pyridine rings is 1. The van der Waals surface area contributed by atoms with Gasteiger partial charge in [0, 0.05) is 54.4 Å². The molecule has 0 fully saturated rings. The minimum atomic E-state index is -4.89. The Kier molecular flexibility index (Phi) is 7.88. The van der Waals surface area contributed by atoms with Crippen LogP contribution in [0.1, 0.15) is 57.2 Å². The van der Waals surface area contributed by atoms with Crippen molar-refractivity contribution in [3.05, 3.63) is 71.6 Å². The number of aromatic nitrogens is 3. The van der Waals surface area contributed by atoms with Crippen LogP contribution < -0.4 is 14.8 Å². The summed E-state index contributed by atoms with van der Waals surface area (Å²) in [5.41, 5.74) is -0.349. The van der Waals surface area contributed by atoms with Gasteiger partial charge in [0.05, 0.1) is 13.2 Å². The monoisotopic (exact) mass is 542 g/mol. The maximum absolute atomic E-state index is 14.6. The Bertz CT molecular complexity index is 1340. The van der Waals surface area contributed by atoms with Crippen molar-refractivity contribution < 1.29 is 27.8 Å². The van der Waals surface area contributed by atoms with E-state index in [4.69, 9.17) is 9.47 Å². The average molecular weight is 543 g/mol. The molecule has 3 aromatic rings. The molecule has 0 spiro atoms. The highest BCUT2D eigenvalue weighted by Crippen LogP contribution is 2.47. The first-order valence-corrected chi connectivity index (χ1v) is 12.6. The molecule has 208 valence electrons. The number of ether oxygens (including phenoxy) is 2. The number of nitrogens with one attached hydrogen (secondary N) is 1. The van der Waals surface area contributed by atoms with Crippen molar-refractivity contribution in [2.45, 2.75) is 70.4 Å². The van der Waals surface area contributed by atoms with Gasteiger partial charge in [0.2, 0.25) is 5.88 Å². The van der Waals surface area contributed by atoms with Crippen LogP contribution in [0, 0.1) is 0 Å². The van der Waals surface area contributed by atoms with Gasteiger partial charge in [-0.15, -0.1) is 0 Å². The first-order chi connectivity index (χ1) is 18.3. The lowest BCUT2D eigenvalue weighted by Gasteiger charge is -2.39. The molecule has 0 radical (unpaired) electrons. The molecule has 39 heavy (non-hydrogen) atoms. The molecule has 0 amide bonds. The summed E-state index contributed by atoms with van der Waals surface area (Å²) in [6.45, 7) is 7.38. The van der Waals surface area contributed by atoms with Crippen molar-refractivity contribution in [1.82, 2.24) is 20.3 Å². The number of hydrogen-bond donors (Lipinski definition) is 2. The van der Waals surface area contributed by atoms with Crippen molar-refractivity contribution >= 4 is 6.08 Å². The first kappa shape index (κ1) is 28.4. The van der Waals surface area contributed by atoms with Gasteiger partial charge in [-0.3, -0.25) is 0 Å². The third kappa shape index (κ3) is 6.33. The molecule has 3 heterocycles. The Morgan fingerprint density at radius 3 is 2.41 bits per heavy atom. The van der Waals surface area contributed by atoms with Gasteiger partial charge >= 0.3 is 6.18 Å². The molecular formula is C29H33F3N4O3. The van der Waals surface area contributed by atoms with Gasteiger partial charge in [0.15, 0.2) is 5.60 Å². The highest BCUT2D eigenvalue weighted by molar-refractivity contribution is 5.65. The standard InChI is InChI=1S/C29H33F3N4O3/c1-18(2)39-26-10-20-8-23(35-14-22(20)15-36-26)11-28(37,29(30,31)32)16-27(3,4)24-9-19(6-7-25(24)38-5)21-12-33-17-34-13-21/h6-10,12-13,15,17-18,35,37H,11,14,16H2,1-5H3. The van der Waals surface area contributed by atoms with E-state index in [2.05, 4.69) is 20.3 Å². The van der Waals surface area contributed by atoms with Gasteiger partial charge in [0.1, 0.15) is 12.1 Å². The van der Waals surface area contributed by atoms with Crippen LogP contribution in [-0.4, -0.2) is 45.0 Å². The Labute approximate surface area is 226 Å². The van der Waals surface area contributed by atoms with E-state index in [1.54, 1.807) is 62.8 Å². The summed E-state index contributed by atoms with van der Waals surface area (Å²) in [6, 6.07) is 6.98. The van der Waals surface area contributed by atoms with Crippen LogP contribution in [0.2, 0.25) is 0 Å². The van der Waals surface area contributed by atoms with E-state index >= 15 is 0 Å². The van der Waals surface area contributed by atoms with Gasteiger partial charge in [0.25, 0.3) is 0 Å². The fourth-order valence-corrected chi connectivity index (χ4v) is 4.90. The summed E-state index contributed by atoms with van der Waals surface area (Å²) in [5.74, 6) is 0.823. The van der Waals surface area contributed by atoms with E-state index < -0.39 is 30.0 Å². The minimum Gasteiger partial charge on any atom is -0.496 e. The number of fused-ring (bicyclic) bond motifs is 1. The molecule has 0 saturated heterocycles. The molecule has 0 bridgehead atoms. The van der Waals surface area contributed by atoms with E-state index in [9.17, 15) is 18.3 Å². The zero-order valence-corrected chi connectivity index (χ0v) is 22.6. The van der Waals surface area contributed by atoms with Crippen molar-refractivity contribution in [3.8, 4) is 22.8 Å². The molecule has 7 nitrogen and oxygen atoms in total. The molecule has 10 heteroatoms. The normalized spacial score (nSPS) is 15.2. The van der Waals surface area contributed by atoms with Gasteiger partial charge in [-0.1, -0.05) is 19.9 Å². The molecule has 4 rings (SSSR count). The molecule has 0 saturated carbocycles. The zero-order valence-electron chi connectivity index (χ0n) is 22.6. The minimum absolute atomic E-state index is 0.0943. The SMILES string of the molecule is COc1ccc(-c2cncnc2)cc1C(C)(C)CC(O)(CC1=Cc2cc(OC(C)C)ncc2CN1)C(F)(F)F. The summed E-state index contributed by atoms with van der Waals surface area (Å²) in [4.78, 5) is 12.3. The molecule has 1 atom stereocenters. The van der Waals surface area contributed by atoms with Crippen LogP contribution in [0.3, 0.4) is 0 Å². The lowest BCUT2D eigenvalue weighted by molar-refractivity contribution is -0.266. The van der Waals surface area contributed by atoms with Crippen LogP contribution in [0.25, 0.3) is 17.2 Å². The third-order valence-corrected chi connectivity index (χ3v) is 6.76. The van der Waals surface area contributed by atoms with Crippen molar-refractivity contribution in [3.63, 3.8) is 0 Å². The van der Waals surface area contributed by atoms with Crippen LogP contribution in [0.5, 0.6) is 11.6 Å². The second kappa shape index (κ2) is 10.8. The Balaban J connectivity index is 1.67. The quantitative estimate of drug-likeness (QED) is 0.352. The molecule has 1 unspecified atom stereocenters. The number of benzene rings is 1. The number of methoxy groups -OCH3 is 1. The van der Waals surface area contributed by atoms with Gasteiger partial charge in [-0.05, 0) is 60.6 Å². The maximum atomic E-state index is 14.6. The second-order valence-electron chi connectivity index (χ2n) is 10.7. The van der Waals surface area contributed by atoms with Gasteiger partial charge in [-0.25, -0.2) is 15.0 Å². The van der Waals surface area contributed by atoms with E-state index in [1.807, 2.05) is 13.8 Å². The summed E-state index contributed by atoms with van der Waals surface area (Å²) in [6.07, 6.45) is 1.70. The molecule has 1 aliphatic heterocycles. The average Bonchev–Trinajstić information content (AvgIpc) is 2.87. The Hall–Kier alpha value is -3.66. The molecule has 2 N–H and O–H groups in total. The Morgan fingerprint density at radius 2 is 1.77 bits per heavy atom. The number of halogens is 3. The molecule has 0 aliphatic carbocycles. The van der Waals surface area contributed by atoms with Crippen LogP contribution in [0.15, 0.2) is 54.9 Å². The van der Waals surface area contributed by atoms with Gasteiger partial charge < -0.3 is 19.9 Å². The number of hydrogen-bond acceptors (Lipinski definition) is 7. The van der Waals surface area contributed by atoms with Crippen molar-refractivity contribution in [2.24, 2.45) is 0 Å². The van der Waals surface area contributed by atoms with Crippen molar-refractivity contribution in [1.29, 1.82) is 0 Å². The number of nitrogens with zero attached hydrogens (tertiary/aromatic N) is 3. The summed E-state index contributed by atoms with van der Waals surface area (Å²) in [7, 11) is 1.47. The first-order valence-electron chi connectivity index (χ1n) is 12.6. The van der Waals surface area contributed by atoms with E-state index in [1.165, 1.54) is 13.4 Å². The lowest BCUT2D eigenvalue weighted by atomic mass is 9.72. The molecular weight excluding hydrogens is 509 g/mol. The third-order valence-electron chi connectivity index (χ3n) is 6.76. The Morgan fingerprint density at radius 1 is 1.05 bits per heavy atom. The number of aliphatic hydroxyl groups is 1. The number of alkyl halides is 3. The van der Waals surface area contributed by atoms with Gasteiger partial charge in [-0.2, -0.15) is 13.2 Å². The predicted octanol–water partition coefficient (Wildman–Crippen LogP) is 5.83. The van der Waals surface area contributed by atoms with Crippen LogP contribution >= 0.6 is 0 Å². The molecule has 1 aromatic carbocycles. The predicted molar refractivity (Wildman–Crippen MR) is 142 cm³/mol. The van der Waals surface area contributed by atoms with E-state index in [-0.39, 0.29) is 11.8 Å². The van der Waals surface area contributed by atoms with Crippen LogP contribution in [0.4, 0.5) is 13.2 Å². The van der Waals surface area contributed by atoms with Crippen molar-refractivity contribution in [2.75, 3.05) is 7.11 Å². The second-order valence-corrected chi connectivity index (χ2v) is 10.7. The smallest absolute Gasteiger partial charge is 0.417 e. The highest BCUT2D eigenvalue weighted by Gasteiger charge is 2.56.